The average Bonchev–Trinajstić information content (AvgIpc) is 2.43. The van der Waals surface area contributed by atoms with E-state index in [9.17, 15) is 14.4 Å². The topological polar surface area (TPSA) is 90.9 Å². The largest absolute Gasteiger partial charge is 0.515 e. The number of esters is 1. The summed E-state index contributed by atoms with van der Waals surface area (Å²) in [5.74, 6) is -0.969. The van der Waals surface area contributed by atoms with Gasteiger partial charge in [0.2, 0.25) is 0 Å². The zero-order valence-electron chi connectivity index (χ0n) is 12.9. The van der Waals surface area contributed by atoms with Gasteiger partial charge in [0, 0.05) is 0 Å². The van der Waals surface area contributed by atoms with E-state index >= 15 is 0 Å². The van der Waals surface area contributed by atoms with Crippen LogP contribution in [0.3, 0.4) is 0 Å². The summed E-state index contributed by atoms with van der Waals surface area (Å²) in [5, 5.41) is 2.38. The summed E-state index contributed by atoms with van der Waals surface area (Å²) in [5.41, 5.74) is -0.278. The second kappa shape index (κ2) is 7.44. The lowest BCUT2D eigenvalue weighted by Crippen LogP contribution is -2.39. The summed E-state index contributed by atoms with van der Waals surface area (Å²) in [6.45, 7) is 5.07. The number of hydrogen-bond donors (Lipinski definition) is 1. The van der Waals surface area contributed by atoms with Crippen molar-refractivity contribution >= 4 is 18.2 Å². The molecule has 0 spiro atoms. The molecule has 7 nitrogen and oxygen atoms in total. The molecule has 1 amide bonds. The van der Waals surface area contributed by atoms with Crippen molar-refractivity contribution in [2.24, 2.45) is 0 Å². The molecule has 1 atom stereocenters. The van der Waals surface area contributed by atoms with E-state index in [0.29, 0.717) is 5.56 Å². The van der Waals surface area contributed by atoms with Gasteiger partial charge in [-0.25, -0.2) is 14.4 Å². The molecule has 0 aliphatic rings. The number of nitrogens with one attached hydrogen (secondary N) is 1. The Labute approximate surface area is 128 Å². The third kappa shape index (κ3) is 5.82. The first-order valence-corrected chi connectivity index (χ1v) is 6.57. The SMILES string of the molecule is COC(=O)OC(=O)[C@@H](NC(=O)OC(C)(C)C)c1ccccc1. The van der Waals surface area contributed by atoms with Crippen LogP contribution in [0.25, 0.3) is 0 Å². The van der Waals surface area contributed by atoms with Crippen LogP contribution < -0.4 is 5.32 Å². The molecule has 0 aliphatic carbocycles. The number of methoxy groups -OCH3 is 1. The van der Waals surface area contributed by atoms with Crippen LogP contribution in [0.2, 0.25) is 0 Å². The number of ether oxygens (including phenoxy) is 3. The Morgan fingerprint density at radius 3 is 2.18 bits per heavy atom. The Bertz CT molecular complexity index is 535. The lowest BCUT2D eigenvalue weighted by Gasteiger charge is -2.22. The molecule has 0 saturated heterocycles. The average molecular weight is 309 g/mol. The molecule has 0 radical (unpaired) electrons. The predicted molar refractivity (Wildman–Crippen MR) is 77.0 cm³/mol. The highest BCUT2D eigenvalue weighted by molar-refractivity contribution is 5.89. The molecule has 22 heavy (non-hydrogen) atoms. The first-order chi connectivity index (χ1) is 10.2. The number of carbonyl (C=O) groups excluding carboxylic acids is 3. The summed E-state index contributed by atoms with van der Waals surface area (Å²) in [6, 6.07) is 7.16. The first-order valence-electron chi connectivity index (χ1n) is 6.57. The van der Waals surface area contributed by atoms with Gasteiger partial charge >= 0.3 is 18.2 Å². The number of amides is 1. The van der Waals surface area contributed by atoms with Crippen LogP contribution in [-0.4, -0.2) is 30.9 Å². The molecule has 1 aromatic carbocycles. The summed E-state index contributed by atoms with van der Waals surface area (Å²) >= 11 is 0. The van der Waals surface area contributed by atoms with E-state index in [4.69, 9.17) is 4.74 Å². The van der Waals surface area contributed by atoms with Crippen molar-refractivity contribution in [1.29, 1.82) is 0 Å². The molecule has 0 aliphatic heterocycles. The molecule has 1 N–H and O–H groups in total. The van der Waals surface area contributed by atoms with E-state index in [1.807, 2.05) is 0 Å². The van der Waals surface area contributed by atoms with E-state index in [0.717, 1.165) is 7.11 Å². The summed E-state index contributed by atoms with van der Waals surface area (Å²) in [7, 11) is 1.08. The zero-order chi connectivity index (χ0) is 16.8. The first kappa shape index (κ1) is 17.5. The van der Waals surface area contributed by atoms with Crippen molar-refractivity contribution in [3.8, 4) is 0 Å². The highest BCUT2D eigenvalue weighted by Gasteiger charge is 2.28. The number of benzene rings is 1. The van der Waals surface area contributed by atoms with Crippen molar-refractivity contribution in [2.75, 3.05) is 7.11 Å². The Morgan fingerprint density at radius 2 is 1.68 bits per heavy atom. The van der Waals surface area contributed by atoms with Gasteiger partial charge in [-0.3, -0.25) is 0 Å². The molecule has 1 aromatic rings. The molecule has 7 heteroatoms. The molecule has 0 heterocycles. The van der Waals surface area contributed by atoms with E-state index in [-0.39, 0.29) is 0 Å². The van der Waals surface area contributed by atoms with Crippen LogP contribution >= 0.6 is 0 Å². The second-order valence-electron chi connectivity index (χ2n) is 5.37. The number of rotatable bonds is 3. The van der Waals surface area contributed by atoms with Gasteiger partial charge in [0.05, 0.1) is 7.11 Å². The standard InChI is InChI=1S/C15H19NO6/c1-15(2,3)22-13(18)16-11(10-8-6-5-7-9-10)12(17)21-14(19)20-4/h5-9,11H,1-4H3,(H,16,18)/t11-/m0/s1. The van der Waals surface area contributed by atoms with Crippen LogP contribution in [0.15, 0.2) is 30.3 Å². The van der Waals surface area contributed by atoms with Crippen molar-refractivity contribution in [3.05, 3.63) is 35.9 Å². The number of carbonyl (C=O) groups is 3. The summed E-state index contributed by atoms with van der Waals surface area (Å²) in [4.78, 5) is 34.9. The summed E-state index contributed by atoms with van der Waals surface area (Å²) in [6.07, 6.45) is -1.96. The number of hydrogen-bond acceptors (Lipinski definition) is 6. The molecule has 0 saturated carbocycles. The van der Waals surface area contributed by atoms with Crippen LogP contribution in [0, 0.1) is 0 Å². The predicted octanol–water partition coefficient (Wildman–Crippen LogP) is 2.56. The van der Waals surface area contributed by atoms with Gasteiger partial charge in [-0.05, 0) is 26.3 Å². The van der Waals surface area contributed by atoms with Crippen LogP contribution in [0.1, 0.15) is 32.4 Å². The Morgan fingerprint density at radius 1 is 1.09 bits per heavy atom. The van der Waals surface area contributed by atoms with E-state index in [2.05, 4.69) is 14.8 Å². The van der Waals surface area contributed by atoms with Crippen molar-refractivity contribution in [2.45, 2.75) is 32.4 Å². The van der Waals surface area contributed by atoms with Crippen molar-refractivity contribution in [1.82, 2.24) is 5.32 Å². The highest BCUT2D eigenvalue weighted by atomic mass is 16.7. The van der Waals surface area contributed by atoms with Gasteiger partial charge < -0.3 is 19.5 Å². The normalized spacial score (nSPS) is 12.0. The fourth-order valence-corrected chi connectivity index (χ4v) is 1.53. The zero-order valence-corrected chi connectivity index (χ0v) is 12.9. The minimum absolute atomic E-state index is 0.447. The third-order valence-corrected chi connectivity index (χ3v) is 2.38. The molecular weight excluding hydrogens is 290 g/mol. The van der Waals surface area contributed by atoms with Crippen LogP contribution in [-0.2, 0) is 19.0 Å². The fourth-order valence-electron chi connectivity index (χ4n) is 1.53. The highest BCUT2D eigenvalue weighted by Crippen LogP contribution is 2.16. The van der Waals surface area contributed by atoms with Gasteiger partial charge in [0.1, 0.15) is 5.60 Å². The fraction of sp³-hybridized carbons (Fsp3) is 0.400. The van der Waals surface area contributed by atoms with Gasteiger partial charge in [0.25, 0.3) is 0 Å². The van der Waals surface area contributed by atoms with E-state index in [1.54, 1.807) is 51.1 Å². The molecular formula is C15H19NO6. The van der Waals surface area contributed by atoms with Crippen molar-refractivity contribution < 1.29 is 28.6 Å². The smallest absolute Gasteiger partial charge is 0.444 e. The lowest BCUT2D eigenvalue weighted by atomic mass is 10.1. The van der Waals surface area contributed by atoms with Gasteiger partial charge in [-0.1, -0.05) is 30.3 Å². The molecule has 1 rings (SSSR count). The van der Waals surface area contributed by atoms with E-state index in [1.165, 1.54) is 0 Å². The lowest BCUT2D eigenvalue weighted by molar-refractivity contribution is -0.142. The molecule has 0 bridgehead atoms. The quantitative estimate of drug-likeness (QED) is 0.681. The maximum Gasteiger partial charge on any atom is 0.515 e. The maximum absolute atomic E-state index is 12.0. The van der Waals surface area contributed by atoms with Crippen molar-refractivity contribution in [3.63, 3.8) is 0 Å². The molecule has 0 unspecified atom stereocenters. The molecule has 0 aromatic heterocycles. The molecule has 120 valence electrons. The second-order valence-corrected chi connectivity index (χ2v) is 5.37. The monoisotopic (exact) mass is 309 g/mol. The van der Waals surface area contributed by atoms with Crippen LogP contribution in [0.5, 0.6) is 0 Å². The van der Waals surface area contributed by atoms with Gasteiger partial charge in [-0.15, -0.1) is 0 Å². The van der Waals surface area contributed by atoms with Crippen LogP contribution in [0.4, 0.5) is 9.59 Å². The Hall–Kier alpha value is -2.57. The van der Waals surface area contributed by atoms with Gasteiger partial charge in [-0.2, -0.15) is 0 Å². The Balaban J connectivity index is 2.90. The molecule has 0 fully saturated rings. The summed E-state index contributed by atoms with van der Waals surface area (Å²) < 4.78 is 13.8. The minimum Gasteiger partial charge on any atom is -0.444 e. The Kier molecular flexibility index (Phi) is 5.91. The van der Waals surface area contributed by atoms with E-state index < -0.39 is 29.9 Å². The maximum atomic E-state index is 12.0. The number of alkyl carbamates (subject to hydrolysis) is 1. The third-order valence-electron chi connectivity index (χ3n) is 2.38. The van der Waals surface area contributed by atoms with Gasteiger partial charge in [0.15, 0.2) is 6.04 Å². The minimum atomic E-state index is -1.19.